The summed E-state index contributed by atoms with van der Waals surface area (Å²) in [7, 11) is 0. The van der Waals surface area contributed by atoms with Gasteiger partial charge >= 0.3 is 0 Å². The van der Waals surface area contributed by atoms with Crippen LogP contribution in [0.15, 0.2) is 35.8 Å². The van der Waals surface area contributed by atoms with Crippen LogP contribution < -0.4 is 11.1 Å². The molecule has 0 atom stereocenters. The first-order valence-corrected chi connectivity index (χ1v) is 10.6. The number of para-hydroxylation sites is 1. The zero-order chi connectivity index (χ0) is 19.9. The lowest BCUT2D eigenvalue weighted by Crippen LogP contribution is -2.24. The number of fused-ring (bicyclic) bond motifs is 1. The first-order chi connectivity index (χ1) is 13.2. The fourth-order valence-electron chi connectivity index (χ4n) is 2.00. The Balaban J connectivity index is 0.000000252. The molecule has 0 aliphatic carbocycles. The number of nitrogens with zero attached hydrogens (tertiary/aromatic N) is 2. The number of hydrogen-bond donors (Lipinski definition) is 2. The predicted molar refractivity (Wildman–Crippen MR) is 114 cm³/mol. The van der Waals surface area contributed by atoms with E-state index in [9.17, 15) is 9.59 Å². The number of amides is 1. The zero-order valence-corrected chi connectivity index (χ0v) is 17.3. The number of nitrogens with one attached hydrogen (secondary N) is 1. The Bertz CT molecular complexity index is 755. The highest BCUT2D eigenvalue weighted by molar-refractivity contribution is 7.20. The quantitative estimate of drug-likeness (QED) is 0.454. The van der Waals surface area contributed by atoms with Crippen molar-refractivity contribution in [3.63, 3.8) is 0 Å². The summed E-state index contributed by atoms with van der Waals surface area (Å²) in [6.45, 7) is 5.43. The van der Waals surface area contributed by atoms with Gasteiger partial charge in [-0.2, -0.15) is 0 Å². The summed E-state index contributed by atoms with van der Waals surface area (Å²) in [5.41, 5.74) is 6.25. The van der Waals surface area contributed by atoms with E-state index >= 15 is 0 Å². The highest BCUT2D eigenvalue weighted by Gasteiger charge is 2.05. The highest BCUT2D eigenvalue weighted by Crippen LogP contribution is 2.19. The molecule has 0 aliphatic heterocycles. The number of aldehydes is 1. The summed E-state index contributed by atoms with van der Waals surface area (Å²) in [5.74, 6) is -0.0762. The summed E-state index contributed by atoms with van der Waals surface area (Å²) >= 11 is 2.77. The average Bonchev–Trinajstić information content (AvgIpc) is 3.39. The van der Waals surface area contributed by atoms with E-state index in [4.69, 9.17) is 5.73 Å². The molecule has 0 spiro atoms. The van der Waals surface area contributed by atoms with Crippen LogP contribution in [0.4, 0.5) is 0 Å². The second-order valence-electron chi connectivity index (χ2n) is 5.08. The largest absolute Gasteiger partial charge is 0.350 e. The van der Waals surface area contributed by atoms with Crippen molar-refractivity contribution in [3.8, 4) is 0 Å². The van der Waals surface area contributed by atoms with Crippen molar-refractivity contribution in [3.05, 3.63) is 45.9 Å². The lowest BCUT2D eigenvalue weighted by Gasteiger charge is -2.01. The number of nitrogens with two attached hydrogens (primary N) is 1. The maximum atomic E-state index is 11.4. The molecular weight excluding hydrogens is 380 g/mol. The van der Waals surface area contributed by atoms with Crippen LogP contribution in [-0.4, -0.2) is 35.3 Å². The third-order valence-corrected chi connectivity index (χ3v) is 4.94. The Hall–Kier alpha value is -2.16. The molecule has 8 heteroatoms. The van der Waals surface area contributed by atoms with E-state index in [1.807, 2.05) is 38.1 Å². The van der Waals surface area contributed by atoms with Gasteiger partial charge in [-0.15, -0.1) is 22.7 Å². The standard InChI is InChI=1S/C9H15N3OS.C8H5NOS.C2H6/c10-4-2-1-3-5-11-8(13)9-12-6-7-14-9;10-5-8-9-6-3-1-2-4-7(6)11-8;1-2/h6-7H,1-5,10H2,(H,11,13);1-5H;1-2H3. The molecule has 0 aliphatic rings. The number of rotatable bonds is 7. The second kappa shape index (κ2) is 14.0. The smallest absolute Gasteiger partial charge is 0.280 e. The topological polar surface area (TPSA) is 98.0 Å². The van der Waals surface area contributed by atoms with Crippen LogP contribution in [0.3, 0.4) is 0 Å². The second-order valence-corrected chi connectivity index (χ2v) is 7.04. The number of carbonyl (C=O) groups excluding carboxylic acids is 2. The van der Waals surface area contributed by atoms with Crippen LogP contribution in [0.25, 0.3) is 10.2 Å². The Morgan fingerprint density at radius 1 is 1.22 bits per heavy atom. The Kier molecular flexibility index (Phi) is 11.8. The molecular formula is C19H26N4O2S2. The molecule has 0 saturated heterocycles. The third-order valence-electron chi connectivity index (χ3n) is 3.20. The molecule has 1 amide bonds. The molecule has 0 radical (unpaired) electrons. The van der Waals surface area contributed by atoms with E-state index in [1.54, 1.807) is 11.6 Å². The highest BCUT2D eigenvalue weighted by atomic mass is 32.1. The lowest BCUT2D eigenvalue weighted by atomic mass is 10.2. The van der Waals surface area contributed by atoms with Crippen LogP contribution in [0.2, 0.25) is 0 Å². The summed E-state index contributed by atoms with van der Waals surface area (Å²) in [4.78, 5) is 29.7. The number of unbranched alkanes of at least 4 members (excludes halogenated alkanes) is 2. The van der Waals surface area contributed by atoms with Crippen molar-refractivity contribution in [2.45, 2.75) is 33.1 Å². The van der Waals surface area contributed by atoms with Crippen molar-refractivity contribution in [1.82, 2.24) is 15.3 Å². The van der Waals surface area contributed by atoms with Crippen molar-refractivity contribution < 1.29 is 9.59 Å². The summed E-state index contributed by atoms with van der Waals surface area (Å²) < 4.78 is 1.06. The molecule has 3 rings (SSSR count). The molecule has 0 saturated carbocycles. The summed E-state index contributed by atoms with van der Waals surface area (Å²) in [6, 6.07) is 7.71. The molecule has 2 heterocycles. The molecule has 3 N–H and O–H groups in total. The van der Waals surface area contributed by atoms with E-state index in [-0.39, 0.29) is 5.91 Å². The van der Waals surface area contributed by atoms with Crippen molar-refractivity contribution in [2.24, 2.45) is 5.73 Å². The molecule has 3 aromatic rings. The van der Waals surface area contributed by atoms with Gasteiger partial charge in [-0.25, -0.2) is 9.97 Å². The maximum absolute atomic E-state index is 11.4. The van der Waals surface area contributed by atoms with Crippen LogP contribution in [0, 0.1) is 0 Å². The average molecular weight is 407 g/mol. The fourth-order valence-corrected chi connectivity index (χ4v) is 3.33. The molecule has 146 valence electrons. The molecule has 2 aromatic heterocycles. The van der Waals surface area contributed by atoms with Gasteiger partial charge in [-0.05, 0) is 31.5 Å². The van der Waals surface area contributed by atoms with Crippen LogP contribution >= 0.6 is 22.7 Å². The van der Waals surface area contributed by atoms with Gasteiger partial charge in [0, 0.05) is 18.1 Å². The predicted octanol–water partition coefficient (Wildman–Crippen LogP) is 4.14. The number of carbonyl (C=O) groups is 2. The molecule has 0 unspecified atom stereocenters. The van der Waals surface area contributed by atoms with Gasteiger partial charge in [0.2, 0.25) is 0 Å². The SMILES string of the molecule is CC.NCCCCCNC(=O)c1nccs1.O=Cc1nc2ccccc2s1. The third kappa shape index (κ3) is 8.38. The number of hydrogen-bond acceptors (Lipinski definition) is 7. The Morgan fingerprint density at radius 2 is 2.00 bits per heavy atom. The first-order valence-electron chi connectivity index (χ1n) is 8.93. The van der Waals surface area contributed by atoms with E-state index in [2.05, 4.69) is 15.3 Å². The summed E-state index contributed by atoms with van der Waals surface area (Å²) in [6.07, 6.45) is 5.48. The number of benzene rings is 1. The minimum absolute atomic E-state index is 0.0762. The van der Waals surface area contributed by atoms with Crippen molar-refractivity contribution in [2.75, 3.05) is 13.1 Å². The molecule has 0 fully saturated rings. The van der Waals surface area contributed by atoms with Gasteiger partial charge in [0.1, 0.15) is 0 Å². The monoisotopic (exact) mass is 406 g/mol. The normalized spacial score (nSPS) is 9.59. The van der Waals surface area contributed by atoms with Gasteiger partial charge in [0.05, 0.1) is 10.2 Å². The lowest BCUT2D eigenvalue weighted by molar-refractivity contribution is 0.0952. The number of thiazole rings is 2. The zero-order valence-electron chi connectivity index (χ0n) is 15.7. The molecule has 0 bridgehead atoms. The van der Waals surface area contributed by atoms with Gasteiger partial charge < -0.3 is 11.1 Å². The Labute approximate surface area is 167 Å². The Morgan fingerprint density at radius 3 is 2.63 bits per heavy atom. The molecule has 27 heavy (non-hydrogen) atoms. The van der Waals surface area contributed by atoms with Gasteiger partial charge in [0.15, 0.2) is 16.3 Å². The van der Waals surface area contributed by atoms with Crippen molar-refractivity contribution in [1.29, 1.82) is 0 Å². The van der Waals surface area contributed by atoms with E-state index in [1.165, 1.54) is 22.7 Å². The van der Waals surface area contributed by atoms with Gasteiger partial charge in [0.25, 0.3) is 5.91 Å². The van der Waals surface area contributed by atoms with Crippen LogP contribution in [0.1, 0.15) is 52.7 Å². The van der Waals surface area contributed by atoms with E-state index in [0.717, 1.165) is 42.3 Å². The van der Waals surface area contributed by atoms with Crippen LogP contribution in [0.5, 0.6) is 0 Å². The maximum Gasteiger partial charge on any atom is 0.280 e. The van der Waals surface area contributed by atoms with Gasteiger partial charge in [-0.1, -0.05) is 32.4 Å². The minimum Gasteiger partial charge on any atom is -0.350 e. The van der Waals surface area contributed by atoms with E-state index < -0.39 is 0 Å². The van der Waals surface area contributed by atoms with Gasteiger partial charge in [-0.3, -0.25) is 9.59 Å². The summed E-state index contributed by atoms with van der Waals surface area (Å²) in [5, 5.41) is 5.69. The minimum atomic E-state index is -0.0762. The fraction of sp³-hybridized carbons (Fsp3) is 0.368. The van der Waals surface area contributed by atoms with Crippen molar-refractivity contribution >= 4 is 45.1 Å². The molecule has 6 nitrogen and oxygen atoms in total. The molecule has 1 aromatic carbocycles. The first kappa shape index (κ1) is 22.9. The van der Waals surface area contributed by atoms with E-state index in [0.29, 0.717) is 16.6 Å². The number of aromatic nitrogens is 2. The van der Waals surface area contributed by atoms with Crippen LogP contribution in [-0.2, 0) is 0 Å².